The maximum absolute atomic E-state index is 5.07. The van der Waals surface area contributed by atoms with Gasteiger partial charge >= 0.3 is 0 Å². The van der Waals surface area contributed by atoms with Crippen LogP contribution >= 0.6 is 0 Å². The minimum absolute atomic E-state index is 1.04. The van der Waals surface area contributed by atoms with Gasteiger partial charge in [0.25, 0.3) is 0 Å². The summed E-state index contributed by atoms with van der Waals surface area (Å²) in [7, 11) is 2.18. The number of unbranched alkanes of at least 4 members (excludes halogenated alkanes) is 1. The summed E-state index contributed by atoms with van der Waals surface area (Å²) < 4.78 is 0. The SMILES string of the molecule is CCCCN(C)c1ccc(-c2cc(N3CCCC3)c3ccc(CC)cc3n2)cc1. The number of fused-ring (bicyclic) bond motifs is 1. The van der Waals surface area contributed by atoms with Crippen molar-refractivity contribution in [2.24, 2.45) is 0 Å². The summed E-state index contributed by atoms with van der Waals surface area (Å²) in [5, 5.41) is 1.28. The summed E-state index contributed by atoms with van der Waals surface area (Å²) in [6.07, 6.45) is 6.06. The molecule has 1 aromatic heterocycles. The Bertz CT molecular complexity index is 956. The summed E-state index contributed by atoms with van der Waals surface area (Å²) in [6, 6.07) is 18.0. The fourth-order valence-electron chi connectivity index (χ4n) is 4.25. The molecule has 4 rings (SSSR count). The van der Waals surface area contributed by atoms with Crippen molar-refractivity contribution in [1.82, 2.24) is 4.98 Å². The van der Waals surface area contributed by atoms with Crippen molar-refractivity contribution in [3.63, 3.8) is 0 Å². The molecule has 3 heteroatoms. The molecule has 152 valence electrons. The van der Waals surface area contributed by atoms with Crippen molar-refractivity contribution >= 4 is 22.3 Å². The monoisotopic (exact) mass is 387 g/mol. The topological polar surface area (TPSA) is 19.4 Å². The molecule has 1 fully saturated rings. The van der Waals surface area contributed by atoms with Gasteiger partial charge in [-0.05, 0) is 55.5 Å². The molecule has 0 saturated carbocycles. The second kappa shape index (κ2) is 8.86. The lowest BCUT2D eigenvalue weighted by molar-refractivity contribution is 0.767. The summed E-state index contributed by atoms with van der Waals surface area (Å²) in [5.74, 6) is 0. The van der Waals surface area contributed by atoms with Gasteiger partial charge in [0.05, 0.1) is 11.2 Å². The molecule has 0 amide bonds. The van der Waals surface area contributed by atoms with Gasteiger partial charge in [-0.15, -0.1) is 0 Å². The van der Waals surface area contributed by atoms with Crippen LogP contribution in [0.5, 0.6) is 0 Å². The van der Waals surface area contributed by atoms with E-state index in [0.717, 1.165) is 37.3 Å². The molecule has 3 aromatic rings. The molecule has 0 unspecified atom stereocenters. The molecular weight excluding hydrogens is 354 g/mol. The van der Waals surface area contributed by atoms with Crippen LogP contribution in [0.3, 0.4) is 0 Å². The molecule has 0 bridgehead atoms. The zero-order chi connectivity index (χ0) is 20.2. The number of aromatic nitrogens is 1. The third-order valence-corrected chi connectivity index (χ3v) is 6.16. The lowest BCUT2D eigenvalue weighted by Gasteiger charge is -2.22. The average molecular weight is 388 g/mol. The molecule has 0 N–H and O–H groups in total. The van der Waals surface area contributed by atoms with Gasteiger partial charge in [0, 0.05) is 49.0 Å². The highest BCUT2D eigenvalue weighted by molar-refractivity contribution is 5.94. The highest BCUT2D eigenvalue weighted by atomic mass is 15.1. The van der Waals surface area contributed by atoms with Crippen LogP contribution in [0.2, 0.25) is 0 Å². The van der Waals surface area contributed by atoms with E-state index >= 15 is 0 Å². The summed E-state index contributed by atoms with van der Waals surface area (Å²) >= 11 is 0. The molecule has 1 aliphatic heterocycles. The van der Waals surface area contributed by atoms with E-state index in [1.165, 1.54) is 53.6 Å². The highest BCUT2D eigenvalue weighted by Gasteiger charge is 2.17. The maximum Gasteiger partial charge on any atom is 0.0733 e. The average Bonchev–Trinajstić information content (AvgIpc) is 3.31. The van der Waals surface area contributed by atoms with E-state index in [1.807, 2.05) is 0 Å². The number of aryl methyl sites for hydroxylation is 1. The van der Waals surface area contributed by atoms with Gasteiger partial charge in [-0.3, -0.25) is 0 Å². The fraction of sp³-hybridized carbons (Fsp3) is 0.423. The normalized spacial score (nSPS) is 14.0. The number of hydrogen-bond acceptors (Lipinski definition) is 3. The fourth-order valence-corrected chi connectivity index (χ4v) is 4.25. The van der Waals surface area contributed by atoms with Gasteiger partial charge < -0.3 is 9.80 Å². The van der Waals surface area contributed by atoms with Crippen LogP contribution < -0.4 is 9.80 Å². The smallest absolute Gasteiger partial charge is 0.0733 e. The zero-order valence-corrected chi connectivity index (χ0v) is 18.1. The van der Waals surface area contributed by atoms with Crippen molar-refractivity contribution in [1.29, 1.82) is 0 Å². The molecule has 1 aliphatic rings. The summed E-state index contributed by atoms with van der Waals surface area (Å²) in [6.45, 7) is 7.85. The van der Waals surface area contributed by atoms with Gasteiger partial charge in [-0.2, -0.15) is 0 Å². The second-order valence-electron chi connectivity index (χ2n) is 8.25. The first-order chi connectivity index (χ1) is 14.2. The number of pyridine rings is 1. The van der Waals surface area contributed by atoms with Crippen LogP contribution in [0.1, 0.15) is 45.1 Å². The largest absolute Gasteiger partial charge is 0.375 e. The Balaban J connectivity index is 1.72. The van der Waals surface area contributed by atoms with Crippen molar-refractivity contribution in [2.75, 3.05) is 36.5 Å². The molecule has 0 atom stereocenters. The predicted molar refractivity (Wildman–Crippen MR) is 126 cm³/mol. The van der Waals surface area contributed by atoms with Gasteiger partial charge in [0.2, 0.25) is 0 Å². The molecule has 0 aliphatic carbocycles. The predicted octanol–water partition coefficient (Wildman–Crippen LogP) is 6.30. The Morgan fingerprint density at radius 2 is 1.72 bits per heavy atom. The van der Waals surface area contributed by atoms with E-state index in [1.54, 1.807) is 0 Å². The quantitative estimate of drug-likeness (QED) is 0.474. The third-order valence-electron chi connectivity index (χ3n) is 6.16. The Labute approximate surface area is 175 Å². The Kier molecular flexibility index (Phi) is 6.03. The molecule has 1 saturated heterocycles. The summed E-state index contributed by atoms with van der Waals surface area (Å²) in [4.78, 5) is 9.94. The van der Waals surface area contributed by atoms with E-state index < -0.39 is 0 Å². The minimum atomic E-state index is 1.04. The van der Waals surface area contributed by atoms with Crippen molar-refractivity contribution < 1.29 is 0 Å². The molecular formula is C26H33N3. The number of nitrogens with zero attached hydrogens (tertiary/aromatic N) is 3. The minimum Gasteiger partial charge on any atom is -0.375 e. The van der Waals surface area contributed by atoms with Crippen molar-refractivity contribution in [3.8, 4) is 11.3 Å². The first-order valence-electron chi connectivity index (χ1n) is 11.2. The van der Waals surface area contributed by atoms with Crippen LogP contribution in [0.4, 0.5) is 11.4 Å². The van der Waals surface area contributed by atoms with Crippen LogP contribution in [0.25, 0.3) is 22.2 Å². The Hall–Kier alpha value is -2.55. The number of rotatable bonds is 7. The maximum atomic E-state index is 5.07. The standard InChI is InChI=1S/C26H33N3/c1-4-6-15-28(3)22-12-10-21(11-13-22)24-19-26(29-16-7-8-17-29)23-14-9-20(5-2)18-25(23)27-24/h9-14,18-19H,4-8,15-17H2,1-3H3. The van der Waals surface area contributed by atoms with E-state index in [0.29, 0.717) is 0 Å². The second-order valence-corrected chi connectivity index (χ2v) is 8.25. The third kappa shape index (κ3) is 4.24. The molecule has 0 spiro atoms. The van der Waals surface area contributed by atoms with Crippen LogP contribution in [0.15, 0.2) is 48.5 Å². The first kappa shape index (κ1) is 19.8. The Morgan fingerprint density at radius 1 is 0.966 bits per heavy atom. The van der Waals surface area contributed by atoms with Crippen LogP contribution in [-0.4, -0.2) is 31.7 Å². The van der Waals surface area contributed by atoms with Crippen molar-refractivity contribution in [2.45, 2.75) is 46.0 Å². The van der Waals surface area contributed by atoms with E-state index in [-0.39, 0.29) is 0 Å². The molecule has 2 heterocycles. The lowest BCUT2D eigenvalue weighted by atomic mass is 10.0. The van der Waals surface area contributed by atoms with E-state index in [4.69, 9.17) is 4.98 Å². The van der Waals surface area contributed by atoms with Gasteiger partial charge in [0.15, 0.2) is 0 Å². The zero-order valence-electron chi connectivity index (χ0n) is 18.1. The lowest BCUT2D eigenvalue weighted by Crippen LogP contribution is -2.18. The van der Waals surface area contributed by atoms with Gasteiger partial charge in [-0.25, -0.2) is 4.98 Å². The summed E-state index contributed by atoms with van der Waals surface area (Å²) in [5.41, 5.74) is 7.36. The Morgan fingerprint density at radius 3 is 2.41 bits per heavy atom. The van der Waals surface area contributed by atoms with Gasteiger partial charge in [-0.1, -0.05) is 44.5 Å². The van der Waals surface area contributed by atoms with Gasteiger partial charge in [0.1, 0.15) is 0 Å². The molecule has 2 aromatic carbocycles. The van der Waals surface area contributed by atoms with Crippen molar-refractivity contribution in [3.05, 3.63) is 54.1 Å². The van der Waals surface area contributed by atoms with Crippen LogP contribution in [0, 0.1) is 0 Å². The number of hydrogen-bond donors (Lipinski definition) is 0. The number of benzene rings is 2. The molecule has 29 heavy (non-hydrogen) atoms. The first-order valence-corrected chi connectivity index (χ1v) is 11.2. The van der Waals surface area contributed by atoms with E-state index in [9.17, 15) is 0 Å². The molecule has 0 radical (unpaired) electrons. The highest BCUT2D eigenvalue weighted by Crippen LogP contribution is 2.34. The number of anilines is 2. The van der Waals surface area contributed by atoms with E-state index in [2.05, 4.69) is 79.2 Å². The van der Waals surface area contributed by atoms with Crippen LogP contribution in [-0.2, 0) is 6.42 Å². The molecule has 3 nitrogen and oxygen atoms in total.